The minimum Gasteiger partial charge on any atom is -0.369 e. The van der Waals surface area contributed by atoms with E-state index in [1.165, 1.54) is 0 Å². The number of halogens is 1. The first kappa shape index (κ1) is 16.2. The third-order valence-corrected chi connectivity index (χ3v) is 3.38. The number of nitrogens with zero attached hydrogens (tertiary/aromatic N) is 2. The van der Waals surface area contributed by atoms with Gasteiger partial charge in [-0.1, -0.05) is 37.6 Å². The van der Waals surface area contributed by atoms with Gasteiger partial charge in [-0.15, -0.1) is 10.2 Å². The minimum absolute atomic E-state index is 0.245. The summed E-state index contributed by atoms with van der Waals surface area (Å²) in [4.78, 5) is 12.1. The highest BCUT2D eigenvalue weighted by molar-refractivity contribution is 6.33. The quantitative estimate of drug-likeness (QED) is 0.849. The van der Waals surface area contributed by atoms with Crippen LogP contribution in [0.25, 0.3) is 0 Å². The fraction of sp³-hybridized carbons (Fsp3) is 0.312. The second-order valence-electron chi connectivity index (χ2n) is 5.35. The Morgan fingerprint density at radius 1 is 1.18 bits per heavy atom. The number of benzene rings is 1. The van der Waals surface area contributed by atoms with Crippen molar-refractivity contribution in [2.45, 2.75) is 20.3 Å². The monoisotopic (exact) mass is 318 g/mol. The zero-order valence-electron chi connectivity index (χ0n) is 12.6. The Hall–Kier alpha value is -2.14. The molecule has 0 aliphatic carbocycles. The van der Waals surface area contributed by atoms with Crippen LogP contribution in [-0.4, -0.2) is 22.6 Å². The number of carbonyl (C=O) groups is 1. The standard InChI is InChI=1S/C16H19ClN4O/c1-11(2)9-10-18-15-8-7-14(20-21-15)16(22)19-13-6-4-3-5-12(13)17/h3-8,11H,9-10H2,1-2H3,(H,18,21)(H,19,22). The molecule has 0 bridgehead atoms. The molecule has 1 aromatic carbocycles. The van der Waals surface area contributed by atoms with Gasteiger partial charge in [-0.3, -0.25) is 4.79 Å². The molecule has 2 N–H and O–H groups in total. The lowest BCUT2D eigenvalue weighted by atomic mass is 10.1. The molecule has 1 heterocycles. The Morgan fingerprint density at radius 3 is 2.59 bits per heavy atom. The molecular weight excluding hydrogens is 300 g/mol. The van der Waals surface area contributed by atoms with Crippen molar-refractivity contribution >= 4 is 29.0 Å². The summed E-state index contributed by atoms with van der Waals surface area (Å²) in [6.07, 6.45) is 1.05. The first-order valence-electron chi connectivity index (χ1n) is 7.19. The predicted molar refractivity (Wildman–Crippen MR) is 89.4 cm³/mol. The zero-order valence-corrected chi connectivity index (χ0v) is 13.4. The van der Waals surface area contributed by atoms with Crippen LogP contribution in [0.1, 0.15) is 30.8 Å². The fourth-order valence-electron chi connectivity index (χ4n) is 1.79. The van der Waals surface area contributed by atoms with Gasteiger partial charge in [0, 0.05) is 6.54 Å². The van der Waals surface area contributed by atoms with Gasteiger partial charge >= 0.3 is 0 Å². The SMILES string of the molecule is CC(C)CCNc1ccc(C(=O)Nc2ccccc2Cl)nn1. The molecular formula is C16H19ClN4O. The first-order valence-corrected chi connectivity index (χ1v) is 7.57. The van der Waals surface area contributed by atoms with Crippen LogP contribution in [0.5, 0.6) is 0 Å². The van der Waals surface area contributed by atoms with E-state index in [0.29, 0.717) is 22.4 Å². The van der Waals surface area contributed by atoms with Crippen LogP contribution in [0.15, 0.2) is 36.4 Å². The van der Waals surface area contributed by atoms with Crippen LogP contribution in [0, 0.1) is 5.92 Å². The smallest absolute Gasteiger partial charge is 0.276 e. The predicted octanol–water partition coefficient (Wildman–Crippen LogP) is 3.84. The van der Waals surface area contributed by atoms with Gasteiger partial charge in [0.1, 0.15) is 5.82 Å². The second kappa shape index (κ2) is 7.75. The highest BCUT2D eigenvalue weighted by Gasteiger charge is 2.10. The number of rotatable bonds is 6. The van der Waals surface area contributed by atoms with Crippen molar-refractivity contribution in [1.82, 2.24) is 10.2 Å². The van der Waals surface area contributed by atoms with Crippen molar-refractivity contribution in [3.8, 4) is 0 Å². The normalized spacial score (nSPS) is 10.5. The maximum Gasteiger partial charge on any atom is 0.276 e. The maximum absolute atomic E-state index is 12.1. The van der Waals surface area contributed by atoms with Gasteiger partial charge in [0.15, 0.2) is 5.69 Å². The third kappa shape index (κ3) is 4.70. The Morgan fingerprint density at radius 2 is 1.95 bits per heavy atom. The summed E-state index contributed by atoms with van der Waals surface area (Å²) in [5.41, 5.74) is 0.796. The van der Waals surface area contributed by atoms with E-state index in [2.05, 4.69) is 34.7 Å². The molecule has 0 unspecified atom stereocenters. The number of anilines is 2. The molecule has 0 aliphatic heterocycles. The fourth-order valence-corrected chi connectivity index (χ4v) is 1.97. The molecule has 0 spiro atoms. The van der Waals surface area contributed by atoms with Gasteiger partial charge in [-0.25, -0.2) is 0 Å². The van der Waals surface area contributed by atoms with Crippen LogP contribution < -0.4 is 10.6 Å². The van der Waals surface area contributed by atoms with Crippen molar-refractivity contribution < 1.29 is 4.79 Å². The number of nitrogens with one attached hydrogen (secondary N) is 2. The van der Waals surface area contributed by atoms with E-state index >= 15 is 0 Å². The highest BCUT2D eigenvalue weighted by atomic mass is 35.5. The highest BCUT2D eigenvalue weighted by Crippen LogP contribution is 2.20. The van der Waals surface area contributed by atoms with Crippen molar-refractivity contribution in [1.29, 1.82) is 0 Å². The molecule has 0 radical (unpaired) electrons. The molecule has 2 rings (SSSR count). The molecule has 0 atom stereocenters. The Bertz CT molecular complexity index is 628. The van der Waals surface area contributed by atoms with Crippen molar-refractivity contribution in [2.75, 3.05) is 17.2 Å². The molecule has 2 aromatic rings. The number of amides is 1. The van der Waals surface area contributed by atoms with Gasteiger partial charge in [0.05, 0.1) is 10.7 Å². The molecule has 6 heteroatoms. The maximum atomic E-state index is 12.1. The molecule has 0 saturated carbocycles. The van der Waals surface area contributed by atoms with E-state index < -0.39 is 0 Å². The summed E-state index contributed by atoms with van der Waals surface area (Å²) in [6.45, 7) is 5.16. The summed E-state index contributed by atoms with van der Waals surface area (Å²) in [5.74, 6) is 0.949. The van der Waals surface area contributed by atoms with Gasteiger partial charge < -0.3 is 10.6 Å². The molecule has 0 saturated heterocycles. The topological polar surface area (TPSA) is 66.9 Å². The van der Waals surface area contributed by atoms with Gasteiger partial charge in [0.25, 0.3) is 5.91 Å². The Balaban J connectivity index is 1.95. The van der Waals surface area contributed by atoms with E-state index in [0.717, 1.165) is 13.0 Å². The van der Waals surface area contributed by atoms with E-state index in [9.17, 15) is 4.79 Å². The van der Waals surface area contributed by atoms with Gasteiger partial charge in [-0.05, 0) is 36.6 Å². The van der Waals surface area contributed by atoms with E-state index in [1.54, 1.807) is 36.4 Å². The average Bonchev–Trinajstić information content (AvgIpc) is 2.50. The lowest BCUT2D eigenvalue weighted by Crippen LogP contribution is -2.15. The Labute approximate surface area is 135 Å². The zero-order chi connectivity index (χ0) is 15.9. The number of carbonyl (C=O) groups excluding carboxylic acids is 1. The second-order valence-corrected chi connectivity index (χ2v) is 5.75. The molecule has 116 valence electrons. The molecule has 22 heavy (non-hydrogen) atoms. The van der Waals surface area contributed by atoms with E-state index in [-0.39, 0.29) is 11.6 Å². The average molecular weight is 319 g/mol. The minimum atomic E-state index is -0.339. The van der Waals surface area contributed by atoms with Crippen LogP contribution in [0.3, 0.4) is 0 Å². The van der Waals surface area contributed by atoms with Crippen molar-refractivity contribution in [2.24, 2.45) is 5.92 Å². The van der Waals surface area contributed by atoms with Crippen LogP contribution >= 0.6 is 11.6 Å². The number of para-hydroxylation sites is 1. The van der Waals surface area contributed by atoms with Crippen molar-refractivity contribution in [3.63, 3.8) is 0 Å². The van der Waals surface area contributed by atoms with Crippen LogP contribution in [0.4, 0.5) is 11.5 Å². The molecule has 1 amide bonds. The first-order chi connectivity index (χ1) is 10.6. The summed E-state index contributed by atoms with van der Waals surface area (Å²) < 4.78 is 0. The number of hydrogen-bond donors (Lipinski definition) is 2. The molecule has 5 nitrogen and oxygen atoms in total. The lowest BCUT2D eigenvalue weighted by molar-refractivity contribution is 0.102. The molecule has 0 fully saturated rings. The van der Waals surface area contributed by atoms with Gasteiger partial charge in [0.2, 0.25) is 0 Å². The summed E-state index contributed by atoms with van der Waals surface area (Å²) in [6, 6.07) is 10.4. The number of aromatic nitrogens is 2. The molecule has 0 aliphatic rings. The summed E-state index contributed by atoms with van der Waals surface area (Å²) in [7, 11) is 0. The summed E-state index contributed by atoms with van der Waals surface area (Å²) in [5, 5.41) is 14.3. The van der Waals surface area contributed by atoms with E-state index in [4.69, 9.17) is 11.6 Å². The third-order valence-electron chi connectivity index (χ3n) is 3.05. The summed E-state index contributed by atoms with van der Waals surface area (Å²) >= 11 is 6.00. The van der Waals surface area contributed by atoms with Gasteiger partial charge in [-0.2, -0.15) is 0 Å². The van der Waals surface area contributed by atoms with Crippen LogP contribution in [0.2, 0.25) is 5.02 Å². The van der Waals surface area contributed by atoms with E-state index in [1.807, 2.05) is 0 Å². The van der Waals surface area contributed by atoms with Crippen LogP contribution in [-0.2, 0) is 0 Å². The van der Waals surface area contributed by atoms with Crippen molar-refractivity contribution in [3.05, 3.63) is 47.1 Å². The number of hydrogen-bond acceptors (Lipinski definition) is 4. The molecule has 1 aromatic heterocycles. The largest absolute Gasteiger partial charge is 0.369 e. The lowest BCUT2D eigenvalue weighted by Gasteiger charge is -2.08. The Kier molecular flexibility index (Phi) is 5.72.